The van der Waals surface area contributed by atoms with Crippen molar-refractivity contribution in [2.24, 2.45) is 5.73 Å². The highest BCUT2D eigenvalue weighted by atomic mass is 16.2. The predicted octanol–water partition coefficient (Wildman–Crippen LogP) is 1.87. The van der Waals surface area contributed by atoms with Gasteiger partial charge in [0.05, 0.1) is 12.6 Å². The van der Waals surface area contributed by atoms with Crippen molar-refractivity contribution in [2.45, 2.75) is 25.8 Å². The van der Waals surface area contributed by atoms with Gasteiger partial charge in [0.25, 0.3) is 0 Å². The molecule has 0 atom stereocenters. The molecule has 0 radical (unpaired) electrons. The Balaban J connectivity index is 0.00000136. The maximum absolute atomic E-state index is 12.1. The molecular formula is C20H26N6O2. The van der Waals surface area contributed by atoms with E-state index in [4.69, 9.17) is 0 Å². The number of nitrogens with zero attached hydrogens (tertiary/aromatic N) is 3. The molecule has 28 heavy (non-hydrogen) atoms. The molecule has 3 rings (SSSR count). The number of anilines is 1. The van der Waals surface area contributed by atoms with Gasteiger partial charge >= 0.3 is 0 Å². The predicted molar refractivity (Wildman–Crippen MR) is 109 cm³/mol. The molecule has 0 fully saturated rings. The molecule has 4 N–H and O–H groups in total. The highest BCUT2D eigenvalue weighted by Crippen LogP contribution is 2.19. The van der Waals surface area contributed by atoms with E-state index in [-0.39, 0.29) is 18.4 Å². The van der Waals surface area contributed by atoms with Gasteiger partial charge in [0.2, 0.25) is 11.8 Å². The first-order chi connectivity index (χ1) is 13.6. The summed E-state index contributed by atoms with van der Waals surface area (Å²) in [5, 5.41) is 9.53. The van der Waals surface area contributed by atoms with Crippen molar-refractivity contribution in [1.29, 1.82) is 0 Å². The smallest absolute Gasteiger partial charge is 0.241 e. The van der Waals surface area contributed by atoms with Crippen LogP contribution in [0.2, 0.25) is 0 Å². The number of amides is 2. The van der Waals surface area contributed by atoms with E-state index < -0.39 is 0 Å². The number of likely N-dealkylation sites (N-methyl/N-ethyl adjacent to an activating group) is 1. The Bertz CT molecular complexity index is 852. The van der Waals surface area contributed by atoms with Gasteiger partial charge in [-0.2, -0.15) is 5.10 Å². The minimum atomic E-state index is -0.112. The molecule has 8 heteroatoms. The monoisotopic (exact) mass is 382 g/mol. The summed E-state index contributed by atoms with van der Waals surface area (Å²) in [7, 11) is 3.09. The van der Waals surface area contributed by atoms with Crippen LogP contribution in [0, 0.1) is 0 Å². The van der Waals surface area contributed by atoms with E-state index in [9.17, 15) is 9.59 Å². The summed E-state index contributed by atoms with van der Waals surface area (Å²) in [6.45, 7) is 0.169. The zero-order valence-electron chi connectivity index (χ0n) is 16.2. The maximum atomic E-state index is 12.1. The van der Waals surface area contributed by atoms with E-state index in [1.807, 2.05) is 12.1 Å². The molecule has 8 nitrogen and oxygen atoms in total. The van der Waals surface area contributed by atoms with Crippen LogP contribution >= 0.6 is 0 Å². The lowest BCUT2D eigenvalue weighted by Crippen LogP contribution is -2.23. The second-order valence-electron chi connectivity index (χ2n) is 6.02. The Morgan fingerprint density at radius 2 is 1.96 bits per heavy atom. The molecule has 0 aromatic carbocycles. The Hall–Kier alpha value is -3.26. The quantitative estimate of drug-likeness (QED) is 0.705. The van der Waals surface area contributed by atoms with Crippen LogP contribution in [0.4, 0.5) is 5.82 Å². The molecule has 1 aliphatic carbocycles. The van der Waals surface area contributed by atoms with Crippen LogP contribution in [0.5, 0.6) is 0 Å². The zero-order valence-corrected chi connectivity index (χ0v) is 16.2. The molecule has 2 aromatic heterocycles. The first-order valence-electron chi connectivity index (χ1n) is 9.06. The van der Waals surface area contributed by atoms with Gasteiger partial charge in [-0.25, -0.2) is 4.98 Å². The highest BCUT2D eigenvalue weighted by Gasteiger charge is 2.09. The van der Waals surface area contributed by atoms with Crippen molar-refractivity contribution < 1.29 is 9.59 Å². The second kappa shape index (κ2) is 10.8. The van der Waals surface area contributed by atoms with Crippen molar-refractivity contribution >= 4 is 17.6 Å². The summed E-state index contributed by atoms with van der Waals surface area (Å²) >= 11 is 0. The van der Waals surface area contributed by atoms with Crippen LogP contribution in [0.1, 0.15) is 19.3 Å². The summed E-state index contributed by atoms with van der Waals surface area (Å²) in [6, 6.07) is 3.62. The van der Waals surface area contributed by atoms with Crippen molar-refractivity contribution in [3.63, 3.8) is 0 Å². The number of allylic oxidation sites excluding steroid dienone is 3. The topological polar surface area (TPSA) is 115 Å². The largest absolute Gasteiger partial charge is 0.358 e. The van der Waals surface area contributed by atoms with Crippen molar-refractivity contribution in [3.8, 4) is 11.1 Å². The van der Waals surface area contributed by atoms with Crippen LogP contribution in [0.3, 0.4) is 0 Å². The number of carbonyl (C=O) groups is 2. The molecule has 148 valence electrons. The van der Waals surface area contributed by atoms with E-state index in [1.165, 1.54) is 7.05 Å². The molecule has 2 aromatic rings. The third kappa shape index (κ3) is 6.17. The number of hydrogen-bond donors (Lipinski definition) is 3. The first kappa shape index (κ1) is 21.0. The minimum Gasteiger partial charge on any atom is -0.358 e. The second-order valence-corrected chi connectivity index (χ2v) is 6.02. The van der Waals surface area contributed by atoms with Crippen LogP contribution in [0.25, 0.3) is 11.1 Å². The normalized spacial score (nSPS) is 12.5. The standard InChI is InChI=1S/C19H21N5O2.CH5N/c1-20-19(26)13-24-12-16(11-22-24)15-7-8-17(21-10-15)23-18(25)9-14-5-3-2-4-6-14;1-2/h3,5-8,10-12H,2,4,9,13H2,1H3,(H,20,26)(H,21,23,25);2H2,1H3. The van der Waals surface area contributed by atoms with E-state index in [2.05, 4.69) is 38.6 Å². The number of aromatic nitrogens is 3. The number of carbonyl (C=O) groups excluding carboxylic acids is 2. The summed E-state index contributed by atoms with van der Waals surface area (Å²) in [5.41, 5.74) is 7.26. The summed E-state index contributed by atoms with van der Waals surface area (Å²) < 4.78 is 1.56. The molecule has 0 bridgehead atoms. The van der Waals surface area contributed by atoms with Crippen molar-refractivity contribution in [3.05, 3.63) is 54.5 Å². The van der Waals surface area contributed by atoms with E-state index in [0.717, 1.165) is 29.5 Å². The van der Waals surface area contributed by atoms with Gasteiger partial charge in [0.15, 0.2) is 0 Å². The van der Waals surface area contributed by atoms with Crippen LogP contribution in [-0.2, 0) is 16.1 Å². The number of rotatable bonds is 6. The van der Waals surface area contributed by atoms with Crippen LogP contribution in [0.15, 0.2) is 54.5 Å². The number of nitrogens with one attached hydrogen (secondary N) is 2. The number of nitrogens with two attached hydrogens (primary N) is 1. The summed E-state index contributed by atoms with van der Waals surface area (Å²) in [6.07, 6.45) is 13.7. The van der Waals surface area contributed by atoms with Crippen molar-refractivity contribution in [2.75, 3.05) is 19.4 Å². The molecule has 1 aliphatic rings. The maximum Gasteiger partial charge on any atom is 0.241 e. The van der Waals surface area contributed by atoms with Crippen LogP contribution < -0.4 is 16.4 Å². The van der Waals surface area contributed by atoms with E-state index in [1.54, 1.807) is 36.4 Å². The fraction of sp³-hybridized carbons (Fsp3) is 0.300. The fourth-order valence-electron chi connectivity index (χ4n) is 2.64. The average Bonchev–Trinajstić information content (AvgIpc) is 3.19. The Kier molecular flexibility index (Phi) is 8.11. The van der Waals surface area contributed by atoms with Crippen LogP contribution in [-0.4, -0.2) is 40.7 Å². The number of pyridine rings is 1. The Morgan fingerprint density at radius 3 is 2.61 bits per heavy atom. The molecule has 0 saturated carbocycles. The van der Waals surface area contributed by atoms with E-state index in [0.29, 0.717) is 12.2 Å². The third-order valence-corrected chi connectivity index (χ3v) is 4.02. The molecule has 2 heterocycles. The summed E-state index contributed by atoms with van der Waals surface area (Å²) in [4.78, 5) is 27.8. The molecular weight excluding hydrogens is 356 g/mol. The molecule has 0 saturated heterocycles. The molecule has 0 unspecified atom stereocenters. The Labute approximate surface area is 164 Å². The lowest BCUT2D eigenvalue weighted by atomic mass is 10.0. The van der Waals surface area contributed by atoms with Gasteiger partial charge in [-0.15, -0.1) is 0 Å². The van der Waals surface area contributed by atoms with Gasteiger partial charge in [-0.3, -0.25) is 14.3 Å². The molecule has 0 aliphatic heterocycles. The fourth-order valence-corrected chi connectivity index (χ4v) is 2.64. The highest BCUT2D eigenvalue weighted by molar-refractivity contribution is 5.92. The van der Waals surface area contributed by atoms with E-state index >= 15 is 0 Å². The third-order valence-electron chi connectivity index (χ3n) is 4.02. The molecule has 2 amide bonds. The van der Waals surface area contributed by atoms with Gasteiger partial charge in [0.1, 0.15) is 12.4 Å². The minimum absolute atomic E-state index is 0.0820. The lowest BCUT2D eigenvalue weighted by Gasteiger charge is -2.08. The SMILES string of the molecule is CN.CNC(=O)Cn1cc(-c2ccc(NC(=O)CC3=CCCC=C3)nc2)cn1. The zero-order chi connectivity index (χ0) is 20.4. The molecule has 0 spiro atoms. The Morgan fingerprint density at radius 1 is 1.14 bits per heavy atom. The van der Waals surface area contributed by atoms with Crippen molar-refractivity contribution in [1.82, 2.24) is 20.1 Å². The lowest BCUT2D eigenvalue weighted by molar-refractivity contribution is -0.121. The average molecular weight is 382 g/mol. The van der Waals surface area contributed by atoms with Gasteiger partial charge in [-0.1, -0.05) is 18.2 Å². The number of hydrogen-bond acceptors (Lipinski definition) is 5. The van der Waals surface area contributed by atoms with Gasteiger partial charge in [-0.05, 0) is 37.6 Å². The van der Waals surface area contributed by atoms with Gasteiger partial charge in [0, 0.05) is 30.6 Å². The first-order valence-corrected chi connectivity index (χ1v) is 9.06. The summed E-state index contributed by atoms with van der Waals surface area (Å²) in [5.74, 6) is 0.317. The van der Waals surface area contributed by atoms with Gasteiger partial charge < -0.3 is 16.4 Å².